The van der Waals surface area contributed by atoms with Gasteiger partial charge in [0.25, 0.3) is 16.8 Å². The molecule has 4 aromatic carbocycles. The Labute approximate surface area is 216 Å². The van der Waals surface area contributed by atoms with E-state index in [0.29, 0.717) is 10.5 Å². The van der Waals surface area contributed by atoms with Crippen LogP contribution in [-0.2, 0) is 11.3 Å². The minimum Gasteiger partial charge on any atom is -0.268 e. The lowest BCUT2D eigenvalue weighted by atomic mass is 10.1. The molecule has 0 aromatic heterocycles. The lowest BCUT2D eigenvalue weighted by Gasteiger charge is -2.13. The molecule has 0 saturated carbocycles. The summed E-state index contributed by atoms with van der Waals surface area (Å²) >= 11 is 2.15. The molecule has 0 atom stereocenters. The molecule has 2 amide bonds. The highest BCUT2D eigenvalue weighted by atomic mass is 32.2. The Hall–Kier alpha value is -3.88. The predicted octanol–water partition coefficient (Wildman–Crippen LogP) is 7.44. The quantitative estimate of drug-likeness (QED) is 0.152. The molecule has 1 aliphatic rings. The van der Waals surface area contributed by atoms with E-state index < -0.39 is 10.8 Å². The van der Waals surface area contributed by atoms with Gasteiger partial charge in [0.2, 0.25) is 0 Å². The number of rotatable bonds is 6. The van der Waals surface area contributed by atoms with E-state index >= 15 is 0 Å². The molecule has 6 nitrogen and oxygen atoms in total. The predicted molar refractivity (Wildman–Crippen MR) is 144 cm³/mol. The van der Waals surface area contributed by atoms with Crippen LogP contribution < -0.4 is 0 Å². The molecule has 36 heavy (non-hydrogen) atoms. The molecule has 0 radical (unpaired) electrons. The summed E-state index contributed by atoms with van der Waals surface area (Å²) < 4.78 is 0. The van der Waals surface area contributed by atoms with Crippen molar-refractivity contribution >= 4 is 57.2 Å². The highest BCUT2D eigenvalue weighted by molar-refractivity contribution is 8.18. The highest BCUT2D eigenvalue weighted by Gasteiger charge is 2.35. The second-order valence-corrected chi connectivity index (χ2v) is 10.5. The van der Waals surface area contributed by atoms with E-state index in [2.05, 4.69) is 0 Å². The summed E-state index contributed by atoms with van der Waals surface area (Å²) in [7, 11) is 0. The van der Waals surface area contributed by atoms with Crippen LogP contribution in [0.1, 0.15) is 16.7 Å². The molecule has 1 aliphatic heterocycles. The van der Waals surface area contributed by atoms with Crippen LogP contribution >= 0.6 is 23.5 Å². The number of imide groups is 1. The molecule has 0 N–H and O–H groups in total. The van der Waals surface area contributed by atoms with Gasteiger partial charge in [-0.2, -0.15) is 0 Å². The van der Waals surface area contributed by atoms with Gasteiger partial charge in [0.15, 0.2) is 0 Å². The number of fused-ring (bicyclic) bond motifs is 1. The van der Waals surface area contributed by atoms with Crippen LogP contribution in [0.3, 0.4) is 0 Å². The third-order valence-corrected chi connectivity index (χ3v) is 7.73. The van der Waals surface area contributed by atoms with E-state index in [9.17, 15) is 19.7 Å². The van der Waals surface area contributed by atoms with Crippen molar-refractivity contribution in [3.8, 4) is 0 Å². The SMILES string of the molecule is Cc1ccc(Sc2ccc(/C=C3\SC(=O)N(Cc4ccc5ccccc5c4)C3=O)cc2[N+](=O)[O-])cc1. The number of benzene rings is 4. The molecule has 0 unspecified atom stereocenters. The first-order chi connectivity index (χ1) is 17.4. The van der Waals surface area contributed by atoms with Gasteiger partial charge < -0.3 is 0 Å². The fourth-order valence-electron chi connectivity index (χ4n) is 3.89. The van der Waals surface area contributed by atoms with Crippen molar-refractivity contribution in [2.75, 3.05) is 0 Å². The number of nitrogens with zero attached hydrogens (tertiary/aromatic N) is 2. The van der Waals surface area contributed by atoms with Gasteiger partial charge in [-0.25, -0.2) is 0 Å². The molecule has 4 aromatic rings. The van der Waals surface area contributed by atoms with Crippen molar-refractivity contribution in [3.63, 3.8) is 0 Å². The van der Waals surface area contributed by atoms with E-state index in [1.54, 1.807) is 18.2 Å². The van der Waals surface area contributed by atoms with Gasteiger partial charge in [0, 0.05) is 11.0 Å². The molecule has 0 spiro atoms. The lowest BCUT2D eigenvalue weighted by Crippen LogP contribution is -2.27. The average Bonchev–Trinajstić information content (AvgIpc) is 3.13. The first-order valence-corrected chi connectivity index (χ1v) is 12.8. The molecule has 0 aliphatic carbocycles. The maximum Gasteiger partial charge on any atom is 0.293 e. The van der Waals surface area contributed by atoms with Gasteiger partial charge in [-0.15, -0.1) is 0 Å². The number of hydrogen-bond donors (Lipinski definition) is 0. The number of nitro benzene ring substituents is 1. The first-order valence-electron chi connectivity index (χ1n) is 11.1. The topological polar surface area (TPSA) is 80.5 Å². The fraction of sp³-hybridized carbons (Fsp3) is 0.0714. The fourth-order valence-corrected chi connectivity index (χ4v) is 5.63. The minimum absolute atomic E-state index is 0.0512. The Morgan fingerprint density at radius 1 is 0.944 bits per heavy atom. The van der Waals surface area contributed by atoms with Crippen molar-refractivity contribution in [2.45, 2.75) is 23.3 Å². The Bertz CT molecular complexity index is 1550. The number of amides is 2. The van der Waals surface area contributed by atoms with Gasteiger partial charge in [0.05, 0.1) is 21.3 Å². The minimum atomic E-state index is -0.431. The van der Waals surface area contributed by atoms with Crippen molar-refractivity contribution < 1.29 is 14.5 Å². The summed E-state index contributed by atoms with van der Waals surface area (Å²) in [5.74, 6) is -0.404. The van der Waals surface area contributed by atoms with Crippen LogP contribution in [0.5, 0.6) is 0 Å². The van der Waals surface area contributed by atoms with Crippen LogP contribution in [0.15, 0.2) is 99.6 Å². The monoisotopic (exact) mass is 512 g/mol. The van der Waals surface area contributed by atoms with Gasteiger partial charge >= 0.3 is 0 Å². The summed E-state index contributed by atoms with van der Waals surface area (Å²) in [6.45, 7) is 2.15. The number of thioether (sulfide) groups is 1. The molecular formula is C28H20N2O4S2. The molecule has 1 saturated heterocycles. The van der Waals surface area contributed by atoms with Crippen LogP contribution in [0, 0.1) is 17.0 Å². The summed E-state index contributed by atoms with van der Waals surface area (Å²) in [5.41, 5.74) is 2.40. The highest BCUT2D eigenvalue weighted by Crippen LogP contribution is 2.38. The molecule has 5 rings (SSSR count). The first kappa shape index (κ1) is 23.8. The third-order valence-electron chi connectivity index (χ3n) is 5.75. The van der Waals surface area contributed by atoms with Crippen molar-refractivity contribution in [2.24, 2.45) is 0 Å². The molecule has 1 fully saturated rings. The molecule has 8 heteroatoms. The maximum absolute atomic E-state index is 13.0. The number of aryl methyl sites for hydroxylation is 1. The molecular weight excluding hydrogens is 492 g/mol. The van der Waals surface area contributed by atoms with Gasteiger partial charge in [0.1, 0.15) is 0 Å². The van der Waals surface area contributed by atoms with E-state index in [-0.39, 0.29) is 22.4 Å². The standard InChI is InChI=1S/C28H20N2O4S2/c1-18-6-11-23(12-7-18)35-25-13-9-19(15-24(25)30(33)34)16-26-27(31)29(28(32)36-26)17-20-8-10-21-4-2-3-5-22(21)14-20/h2-16H,17H2,1H3/b26-16-. The normalized spacial score (nSPS) is 14.7. The van der Waals surface area contributed by atoms with Crippen LogP contribution in [-0.4, -0.2) is 21.0 Å². The second-order valence-electron chi connectivity index (χ2n) is 8.35. The zero-order valence-corrected chi connectivity index (χ0v) is 20.8. The Morgan fingerprint density at radius 2 is 1.69 bits per heavy atom. The van der Waals surface area contributed by atoms with Gasteiger partial charge in [-0.05, 0) is 70.9 Å². The maximum atomic E-state index is 13.0. The summed E-state index contributed by atoms with van der Waals surface area (Å²) in [6, 6.07) is 26.3. The molecule has 0 bridgehead atoms. The lowest BCUT2D eigenvalue weighted by molar-refractivity contribution is -0.387. The van der Waals surface area contributed by atoms with Crippen LogP contribution in [0.2, 0.25) is 0 Å². The van der Waals surface area contributed by atoms with Crippen molar-refractivity contribution in [1.82, 2.24) is 4.90 Å². The molecule has 178 valence electrons. The van der Waals surface area contributed by atoms with Crippen molar-refractivity contribution in [3.05, 3.63) is 117 Å². The van der Waals surface area contributed by atoms with Crippen LogP contribution in [0.4, 0.5) is 10.5 Å². The number of hydrogen-bond acceptors (Lipinski definition) is 6. The average molecular weight is 513 g/mol. The second kappa shape index (κ2) is 10.0. The number of nitro groups is 1. The van der Waals surface area contributed by atoms with E-state index in [0.717, 1.165) is 38.6 Å². The van der Waals surface area contributed by atoms with E-state index in [4.69, 9.17) is 0 Å². The summed E-state index contributed by atoms with van der Waals surface area (Å²) in [6.07, 6.45) is 1.54. The number of carbonyl (C=O) groups is 2. The smallest absolute Gasteiger partial charge is 0.268 e. The zero-order chi connectivity index (χ0) is 25.2. The van der Waals surface area contributed by atoms with Crippen molar-refractivity contribution in [1.29, 1.82) is 0 Å². The van der Waals surface area contributed by atoms with Gasteiger partial charge in [-0.3, -0.25) is 24.6 Å². The Kier molecular flexibility index (Phi) is 6.63. The van der Waals surface area contributed by atoms with E-state index in [1.165, 1.54) is 22.7 Å². The summed E-state index contributed by atoms with van der Waals surface area (Å²) in [5, 5.41) is 13.5. The van der Waals surface area contributed by atoms with E-state index in [1.807, 2.05) is 73.7 Å². The zero-order valence-electron chi connectivity index (χ0n) is 19.2. The molecule has 1 heterocycles. The number of carbonyl (C=O) groups excluding carboxylic acids is 2. The summed E-state index contributed by atoms with van der Waals surface area (Å²) in [4.78, 5) is 39.8. The Morgan fingerprint density at radius 3 is 2.44 bits per heavy atom. The van der Waals surface area contributed by atoms with Gasteiger partial charge in [-0.1, -0.05) is 71.9 Å². The Balaban J connectivity index is 1.37. The van der Waals surface area contributed by atoms with Crippen LogP contribution in [0.25, 0.3) is 16.8 Å². The largest absolute Gasteiger partial charge is 0.293 e. The third kappa shape index (κ3) is 5.05.